The Morgan fingerprint density at radius 3 is 0.600 bits per heavy atom. The van der Waals surface area contributed by atoms with Crippen LogP contribution in [0.25, 0.3) is 0 Å². The van der Waals surface area contributed by atoms with E-state index < -0.39 is 10.2 Å². The molecule has 0 rings (SSSR count). The molecular weight excluding hydrogens is 204 g/mol. The van der Waals surface area contributed by atoms with Gasteiger partial charge in [-0.1, -0.05) is 0 Å². The van der Waals surface area contributed by atoms with E-state index in [2.05, 4.69) is 0 Å². The number of hydrogen-bond donors (Lipinski definition) is 0. The van der Waals surface area contributed by atoms with Crippen molar-refractivity contribution in [1.29, 1.82) is 0 Å². The third-order valence-corrected chi connectivity index (χ3v) is 0. The van der Waals surface area contributed by atoms with E-state index in [0.717, 1.165) is 0 Å². The van der Waals surface area contributed by atoms with Gasteiger partial charge in [-0.25, -0.2) is 18.6 Å². The molecule has 0 fully saturated rings. The van der Waals surface area contributed by atoms with Gasteiger partial charge in [-0.15, -0.1) is 10.2 Å². The smallest absolute Gasteiger partial charge is 0.412 e. The summed E-state index contributed by atoms with van der Waals surface area (Å²) >= 11 is 0. The molecule has 0 spiro atoms. The average Bonchev–Trinajstić information content (AvgIpc) is 0.722. The van der Waals surface area contributed by atoms with E-state index in [0.29, 0.717) is 0 Å². The summed E-state index contributed by atoms with van der Waals surface area (Å²) in [7, 11) is -4.94. The minimum atomic E-state index is -4.94. The quantitative estimate of drug-likeness (QED) is 0.356. The fraction of sp³-hybridized carbons (Fsp3) is 0. The van der Waals surface area contributed by atoms with Gasteiger partial charge in [-0.3, -0.25) is 0 Å². The maximum absolute atomic E-state index is 8.49. The normalized spacial score (nSPS) is 6.00. The van der Waals surface area contributed by atoms with Crippen LogP contribution in [0.15, 0.2) is 0 Å². The molecule has 0 heterocycles. The molecule has 10 heteroatoms. The molecule has 0 aromatic rings. The van der Waals surface area contributed by atoms with Gasteiger partial charge < -0.3 is 21.9 Å². The van der Waals surface area contributed by atoms with Crippen molar-refractivity contribution in [1.82, 2.24) is 0 Å². The molecule has 0 radical (unpaired) electrons. The summed E-state index contributed by atoms with van der Waals surface area (Å²) in [5.41, 5.74) is 0. The first-order chi connectivity index (χ1) is 2.00. The van der Waals surface area contributed by atoms with Crippen LogP contribution in [0.1, 0.15) is 0 Å². The van der Waals surface area contributed by atoms with Crippen molar-refractivity contribution in [2.75, 3.05) is 0 Å². The van der Waals surface area contributed by atoms with Crippen molar-refractivity contribution in [3.63, 3.8) is 0 Å². The molecule has 0 aromatic heterocycles. The van der Waals surface area contributed by atoms with Crippen LogP contribution in [0.2, 0.25) is 0 Å². The van der Waals surface area contributed by atoms with Gasteiger partial charge >= 0.3 is 37.7 Å². The molecule has 0 aromatic carbocycles. The first-order valence-electron chi connectivity index (χ1n) is 0.617. The molecule has 0 bridgehead atoms. The molecule has 0 unspecified atom stereocenters. The fourth-order valence-corrected chi connectivity index (χ4v) is 0. The van der Waals surface area contributed by atoms with Gasteiger partial charge in [0, 0.05) is 0 Å². The van der Waals surface area contributed by atoms with Crippen LogP contribution in [0.4, 0.5) is 0 Å². The van der Waals surface area contributed by atoms with E-state index >= 15 is 0 Å². The molecule has 0 saturated heterocycles. The predicted molar refractivity (Wildman–Crippen MR) is 20.2 cm³/mol. The number of halogens is 1. The fourth-order valence-electron chi connectivity index (χ4n) is 0. The number of hydrogen-bond acceptors (Lipinski definition) is 4. The third-order valence-electron chi connectivity index (χ3n) is 0. The third kappa shape index (κ3) is 413. The van der Waals surface area contributed by atoms with Crippen LogP contribution < -0.4 is 18.6 Å². The van der Waals surface area contributed by atoms with Crippen molar-refractivity contribution >= 4 is 37.7 Å². The van der Waals surface area contributed by atoms with E-state index in [-0.39, 0.29) is 59.6 Å². The molecule has 10 heavy (non-hydrogen) atoms. The molecule has 0 aliphatic carbocycles. The molecule has 0 saturated carbocycles. The maximum atomic E-state index is 8.49. The Kier molecular flexibility index (Phi) is 71.6. The molecule has 0 amide bonds. The first kappa shape index (κ1) is 43.0. The van der Waals surface area contributed by atoms with Crippen molar-refractivity contribution < 1.29 is 50.8 Å². The van der Waals surface area contributed by atoms with Crippen molar-refractivity contribution in [3.8, 4) is 0 Å². The first-order valence-corrected chi connectivity index (χ1v) is 1.85. The standard InChI is InChI=1S/Ca.ClHO4.4H2O/c;2-1(3,4)5;;;;/h;(H,2,3,4,5);4*1H2/q+2;;;;;/p-1. The molecule has 0 aliphatic heterocycles. The summed E-state index contributed by atoms with van der Waals surface area (Å²) in [5.74, 6) is 0. The van der Waals surface area contributed by atoms with Crippen LogP contribution in [0, 0.1) is 10.2 Å². The maximum Gasteiger partial charge on any atom is 2.00 e. The Morgan fingerprint density at radius 2 is 0.600 bits per heavy atom. The van der Waals surface area contributed by atoms with Gasteiger partial charge in [-0.2, -0.15) is 0 Å². The molecule has 8 nitrogen and oxygen atoms in total. The molecule has 64 valence electrons. The van der Waals surface area contributed by atoms with Crippen LogP contribution in [-0.2, 0) is 0 Å². The van der Waals surface area contributed by atoms with Crippen LogP contribution >= 0.6 is 0 Å². The summed E-state index contributed by atoms with van der Waals surface area (Å²) in [6.45, 7) is 0. The molecule has 8 N–H and O–H groups in total. The summed E-state index contributed by atoms with van der Waals surface area (Å²) in [6, 6.07) is 0. The minimum Gasteiger partial charge on any atom is -0.412 e. The van der Waals surface area contributed by atoms with Crippen LogP contribution in [-0.4, -0.2) is 59.6 Å². The average molecular weight is 212 g/mol. The van der Waals surface area contributed by atoms with Crippen LogP contribution in [0.3, 0.4) is 0 Å². The van der Waals surface area contributed by atoms with Gasteiger partial charge in [0.1, 0.15) is 0 Å². The van der Waals surface area contributed by atoms with Crippen molar-refractivity contribution in [2.24, 2.45) is 0 Å². The van der Waals surface area contributed by atoms with E-state index in [1.54, 1.807) is 0 Å². The van der Waals surface area contributed by atoms with E-state index in [1.165, 1.54) is 0 Å². The summed E-state index contributed by atoms with van der Waals surface area (Å²) < 4.78 is 34.0. The van der Waals surface area contributed by atoms with E-state index in [1.807, 2.05) is 0 Å². The topological polar surface area (TPSA) is 218 Å². The van der Waals surface area contributed by atoms with E-state index in [9.17, 15) is 0 Å². The summed E-state index contributed by atoms with van der Waals surface area (Å²) in [4.78, 5) is 0. The Labute approximate surface area is 88.1 Å². The van der Waals surface area contributed by atoms with Gasteiger partial charge in [-0.05, 0) is 0 Å². The Balaban J connectivity index is -0.00000000800. The Hall–Kier alpha value is 1.23. The zero-order valence-electron chi connectivity index (χ0n) is 4.72. The number of rotatable bonds is 0. The second-order valence-corrected chi connectivity index (χ2v) is 1.13. The Bertz CT molecular complexity index is 24.7. The van der Waals surface area contributed by atoms with Gasteiger partial charge in [0.15, 0.2) is 0 Å². The van der Waals surface area contributed by atoms with Crippen molar-refractivity contribution in [2.45, 2.75) is 0 Å². The monoisotopic (exact) mass is 211 g/mol. The minimum absolute atomic E-state index is 0. The second-order valence-electron chi connectivity index (χ2n) is 0.378. The largest absolute Gasteiger partial charge is 2.00 e. The summed E-state index contributed by atoms with van der Waals surface area (Å²) in [6.07, 6.45) is 0. The molecular formula is H8CaClO8+. The van der Waals surface area contributed by atoms with Gasteiger partial charge in [0.2, 0.25) is 0 Å². The molecule has 0 atom stereocenters. The second kappa shape index (κ2) is 16.7. The van der Waals surface area contributed by atoms with Crippen molar-refractivity contribution in [3.05, 3.63) is 0 Å². The molecule has 0 aliphatic rings. The predicted octanol–water partition coefficient (Wildman–Crippen LogP) is -8.44. The van der Waals surface area contributed by atoms with Crippen LogP contribution in [0.5, 0.6) is 0 Å². The van der Waals surface area contributed by atoms with Gasteiger partial charge in [0.25, 0.3) is 0 Å². The van der Waals surface area contributed by atoms with Gasteiger partial charge in [0.05, 0.1) is 0 Å². The SMILES string of the molecule is O.O.O.O.[Ca+2].[O-][Cl+3]([O-])([O-])[O-]. The Morgan fingerprint density at radius 1 is 0.600 bits per heavy atom. The zero-order chi connectivity index (χ0) is 4.50. The zero-order valence-corrected chi connectivity index (χ0v) is 7.68. The van der Waals surface area contributed by atoms with E-state index in [4.69, 9.17) is 18.6 Å². The summed E-state index contributed by atoms with van der Waals surface area (Å²) in [5, 5.41) is 0.